The highest BCUT2D eigenvalue weighted by Crippen LogP contribution is 2.37. The minimum absolute atomic E-state index is 0.0301. The number of aromatic hydroxyl groups is 1. The van der Waals surface area contributed by atoms with Crippen LogP contribution in [0.15, 0.2) is 18.2 Å². The van der Waals surface area contributed by atoms with Gasteiger partial charge in [0.15, 0.2) is 0 Å². The van der Waals surface area contributed by atoms with Crippen LogP contribution in [0.4, 0.5) is 0 Å². The molecule has 0 spiro atoms. The second kappa shape index (κ2) is 7.63. The maximum Gasteiger partial charge on any atom is 0.293 e. The van der Waals surface area contributed by atoms with E-state index in [2.05, 4.69) is 39.5 Å². The summed E-state index contributed by atoms with van der Waals surface area (Å²) < 4.78 is 4.92. The van der Waals surface area contributed by atoms with Crippen LogP contribution in [0.3, 0.4) is 0 Å². The Hall–Kier alpha value is -1.55. The Morgan fingerprint density at radius 1 is 1.36 bits per heavy atom. The van der Waals surface area contributed by atoms with Crippen molar-refractivity contribution < 1.29 is 14.6 Å². The van der Waals surface area contributed by atoms with E-state index in [1.165, 1.54) is 0 Å². The van der Waals surface area contributed by atoms with Gasteiger partial charge in [-0.1, -0.05) is 45.9 Å². The Bertz CT molecular complexity index is 494. The number of rotatable bonds is 7. The first-order chi connectivity index (χ1) is 10.2. The van der Waals surface area contributed by atoms with Crippen molar-refractivity contribution in [3.63, 3.8) is 0 Å². The zero-order valence-electron chi connectivity index (χ0n) is 14.6. The van der Waals surface area contributed by atoms with E-state index in [0.29, 0.717) is 18.8 Å². The molecule has 22 heavy (non-hydrogen) atoms. The highest BCUT2D eigenvalue weighted by Gasteiger charge is 2.26. The number of phenols is 1. The van der Waals surface area contributed by atoms with Gasteiger partial charge in [-0.05, 0) is 31.4 Å². The molecule has 0 saturated carbocycles. The SMILES string of the molecule is CCC(COC=O)N(C)C(C)c1cccc(C(C)(C)C)c1O. The molecule has 1 aromatic carbocycles. The second-order valence-corrected chi connectivity index (χ2v) is 6.83. The van der Waals surface area contributed by atoms with Gasteiger partial charge in [0.05, 0.1) is 0 Å². The van der Waals surface area contributed by atoms with Gasteiger partial charge >= 0.3 is 0 Å². The van der Waals surface area contributed by atoms with Crippen molar-refractivity contribution in [2.75, 3.05) is 13.7 Å². The average molecular weight is 307 g/mol. The van der Waals surface area contributed by atoms with Gasteiger partial charge in [0, 0.05) is 17.6 Å². The monoisotopic (exact) mass is 307 g/mol. The first-order valence-corrected chi connectivity index (χ1v) is 7.83. The zero-order valence-corrected chi connectivity index (χ0v) is 14.6. The summed E-state index contributed by atoms with van der Waals surface area (Å²) in [5.41, 5.74) is 1.74. The Morgan fingerprint density at radius 2 is 2.00 bits per heavy atom. The molecule has 1 N–H and O–H groups in total. The Labute approximate surface area is 134 Å². The topological polar surface area (TPSA) is 49.8 Å². The van der Waals surface area contributed by atoms with E-state index < -0.39 is 0 Å². The first kappa shape index (κ1) is 18.5. The molecule has 0 bridgehead atoms. The van der Waals surface area contributed by atoms with Crippen molar-refractivity contribution in [2.45, 2.75) is 58.5 Å². The maximum absolute atomic E-state index is 10.7. The van der Waals surface area contributed by atoms with Crippen LogP contribution < -0.4 is 0 Å². The minimum atomic E-state index is -0.108. The molecule has 0 fully saturated rings. The number of likely N-dealkylation sites (N-methyl/N-ethyl adjacent to an activating group) is 1. The Balaban J connectivity index is 3.06. The molecule has 124 valence electrons. The summed E-state index contributed by atoms with van der Waals surface area (Å²) in [6.45, 7) is 11.2. The lowest BCUT2D eigenvalue weighted by atomic mass is 9.84. The van der Waals surface area contributed by atoms with Crippen LogP contribution in [0.5, 0.6) is 5.75 Å². The summed E-state index contributed by atoms with van der Waals surface area (Å²) in [5.74, 6) is 0.362. The van der Waals surface area contributed by atoms with Crippen molar-refractivity contribution in [1.82, 2.24) is 4.90 Å². The molecule has 0 heterocycles. The summed E-state index contributed by atoms with van der Waals surface area (Å²) in [4.78, 5) is 12.6. The molecular formula is C18H29NO3. The third kappa shape index (κ3) is 4.23. The van der Waals surface area contributed by atoms with Crippen LogP contribution in [0.1, 0.15) is 58.2 Å². The van der Waals surface area contributed by atoms with Crippen LogP contribution in [0.25, 0.3) is 0 Å². The van der Waals surface area contributed by atoms with Gasteiger partial charge in [-0.2, -0.15) is 0 Å². The van der Waals surface area contributed by atoms with Gasteiger partial charge in [0.2, 0.25) is 0 Å². The van der Waals surface area contributed by atoms with Gasteiger partial charge in [-0.25, -0.2) is 0 Å². The molecule has 0 aliphatic carbocycles. The summed E-state index contributed by atoms with van der Waals surface area (Å²) in [6, 6.07) is 6.07. The lowest BCUT2D eigenvalue weighted by Gasteiger charge is -2.33. The molecule has 0 aromatic heterocycles. The van der Waals surface area contributed by atoms with Gasteiger partial charge in [-0.15, -0.1) is 0 Å². The van der Waals surface area contributed by atoms with E-state index in [9.17, 15) is 9.90 Å². The smallest absolute Gasteiger partial charge is 0.293 e. The molecule has 0 amide bonds. The van der Waals surface area contributed by atoms with Crippen molar-refractivity contribution in [2.24, 2.45) is 0 Å². The van der Waals surface area contributed by atoms with Gasteiger partial charge in [0.25, 0.3) is 6.47 Å². The normalized spacial score (nSPS) is 14.7. The van der Waals surface area contributed by atoms with Crippen molar-refractivity contribution in [3.8, 4) is 5.75 Å². The standard InChI is InChI=1S/C18H29NO3/c1-7-14(11-22-12-20)19(6)13(2)15-9-8-10-16(17(15)21)18(3,4)5/h8-10,12-14,21H,7,11H2,1-6H3. The molecule has 0 aliphatic heterocycles. The van der Waals surface area contributed by atoms with Crippen LogP contribution >= 0.6 is 0 Å². The van der Waals surface area contributed by atoms with E-state index in [0.717, 1.165) is 17.5 Å². The quantitative estimate of drug-likeness (QED) is 0.781. The fourth-order valence-corrected chi connectivity index (χ4v) is 2.71. The fourth-order valence-electron chi connectivity index (χ4n) is 2.71. The number of hydrogen-bond acceptors (Lipinski definition) is 4. The second-order valence-electron chi connectivity index (χ2n) is 6.83. The zero-order chi connectivity index (χ0) is 16.9. The number of ether oxygens (including phenoxy) is 1. The number of benzene rings is 1. The van der Waals surface area contributed by atoms with Crippen LogP contribution in [0, 0.1) is 0 Å². The fraction of sp³-hybridized carbons (Fsp3) is 0.611. The summed E-state index contributed by atoms with van der Waals surface area (Å²) >= 11 is 0. The number of para-hydroxylation sites is 1. The molecule has 1 aromatic rings. The first-order valence-electron chi connectivity index (χ1n) is 7.83. The third-order valence-corrected chi connectivity index (χ3v) is 4.34. The summed E-state index contributed by atoms with van der Waals surface area (Å²) in [5, 5.41) is 10.7. The molecule has 0 aliphatic rings. The van der Waals surface area contributed by atoms with Crippen LogP contribution in [0.2, 0.25) is 0 Å². The highest BCUT2D eigenvalue weighted by atomic mass is 16.5. The van der Waals surface area contributed by atoms with Gasteiger partial charge < -0.3 is 9.84 Å². The number of carbonyl (C=O) groups excluding carboxylic acids is 1. The van der Waals surface area contributed by atoms with Gasteiger partial charge in [0.1, 0.15) is 12.4 Å². The van der Waals surface area contributed by atoms with E-state index >= 15 is 0 Å². The molecule has 0 radical (unpaired) electrons. The average Bonchev–Trinajstić information content (AvgIpc) is 2.46. The van der Waals surface area contributed by atoms with Crippen molar-refractivity contribution in [1.29, 1.82) is 0 Å². The van der Waals surface area contributed by atoms with E-state index in [4.69, 9.17) is 4.74 Å². The van der Waals surface area contributed by atoms with E-state index in [-0.39, 0.29) is 17.5 Å². The predicted molar refractivity (Wildman–Crippen MR) is 89.1 cm³/mol. The number of nitrogens with zero attached hydrogens (tertiary/aromatic N) is 1. The summed E-state index contributed by atoms with van der Waals surface area (Å²) in [7, 11) is 2.00. The lowest BCUT2D eigenvalue weighted by molar-refractivity contribution is -0.130. The van der Waals surface area contributed by atoms with Crippen LogP contribution in [-0.2, 0) is 14.9 Å². The number of hydrogen-bond donors (Lipinski definition) is 1. The third-order valence-electron chi connectivity index (χ3n) is 4.34. The molecule has 1 rings (SSSR count). The highest BCUT2D eigenvalue weighted by molar-refractivity contribution is 5.45. The molecule has 4 nitrogen and oxygen atoms in total. The van der Waals surface area contributed by atoms with E-state index in [1.54, 1.807) is 0 Å². The maximum atomic E-state index is 10.7. The lowest BCUT2D eigenvalue weighted by Crippen LogP contribution is -2.37. The Morgan fingerprint density at radius 3 is 2.50 bits per heavy atom. The summed E-state index contributed by atoms with van der Waals surface area (Å²) in [6.07, 6.45) is 0.869. The van der Waals surface area contributed by atoms with Crippen molar-refractivity contribution in [3.05, 3.63) is 29.3 Å². The van der Waals surface area contributed by atoms with Crippen LogP contribution in [-0.4, -0.2) is 36.2 Å². The molecular weight excluding hydrogens is 278 g/mol. The van der Waals surface area contributed by atoms with Gasteiger partial charge in [-0.3, -0.25) is 9.69 Å². The Kier molecular flexibility index (Phi) is 6.42. The molecule has 2 atom stereocenters. The molecule has 4 heteroatoms. The minimum Gasteiger partial charge on any atom is -0.507 e. The molecule has 0 saturated heterocycles. The van der Waals surface area contributed by atoms with Crippen molar-refractivity contribution >= 4 is 6.47 Å². The predicted octanol–water partition coefficient (Wildman–Crippen LogP) is 3.63. The number of phenolic OH excluding ortho intramolecular Hbond substituents is 1. The van der Waals surface area contributed by atoms with E-state index in [1.807, 2.05) is 25.2 Å². The number of carbonyl (C=O) groups is 1. The molecule has 2 unspecified atom stereocenters. The largest absolute Gasteiger partial charge is 0.507 e.